The Kier molecular flexibility index (Phi) is 18.1. The van der Waals surface area contributed by atoms with Gasteiger partial charge in [0.05, 0.1) is 52.8 Å². The molecule has 8 saturated carbocycles. The smallest absolute Gasteiger partial charge is 0.316 e. The maximum atomic E-state index is 16.2. The van der Waals surface area contributed by atoms with Crippen molar-refractivity contribution in [2.45, 2.75) is 276 Å². The first-order valence-electron chi connectivity index (χ1n) is 39.2. The summed E-state index contributed by atoms with van der Waals surface area (Å²) in [5.41, 5.74) is -2.28. The summed E-state index contributed by atoms with van der Waals surface area (Å²) in [7, 11) is 0. The lowest BCUT2D eigenvalue weighted by Crippen LogP contribution is -2.66. The van der Waals surface area contributed by atoms with Gasteiger partial charge in [-0.05, 0) is 238 Å². The first-order chi connectivity index (χ1) is 49.5. The van der Waals surface area contributed by atoms with Crippen LogP contribution in [0.15, 0.2) is 55.7 Å². The van der Waals surface area contributed by atoms with Gasteiger partial charge in [-0.25, -0.2) is 23.7 Å². The molecule has 0 bridgehead atoms. The molecule has 4 heterocycles. The maximum Gasteiger partial charge on any atom is 0.316 e. The molecule has 0 saturated heterocycles. The quantitative estimate of drug-likeness (QED) is 0.0673. The zero-order valence-electron chi connectivity index (χ0n) is 65.3. The number of nitrogens with zero attached hydrogens (tertiary/aromatic N) is 7. The Labute approximate surface area is 621 Å². The van der Waals surface area contributed by atoms with E-state index in [-0.39, 0.29) is 151 Å². The molecule has 0 amide bonds. The number of pyridine rings is 1. The molecule has 1 unspecified atom stereocenters. The lowest BCUT2D eigenvalue weighted by atomic mass is 9.33. The molecule has 21 nitrogen and oxygen atoms in total. The van der Waals surface area contributed by atoms with Crippen LogP contribution in [0.2, 0.25) is 0 Å². The molecule has 4 N–H and O–H groups in total. The Bertz CT molecular complexity index is 4330. The number of hydrogen-bond acceptors (Lipinski definition) is 19. The van der Waals surface area contributed by atoms with Crippen LogP contribution in [0.5, 0.6) is 0 Å². The van der Waals surface area contributed by atoms with Gasteiger partial charge in [0.2, 0.25) is 5.82 Å². The number of allylic oxidation sites excluding steroid dienone is 2. The van der Waals surface area contributed by atoms with Gasteiger partial charge in [0, 0.05) is 30.1 Å². The number of nitrogens with one attached hydrogen (secondary N) is 2. The number of esters is 2. The van der Waals surface area contributed by atoms with Crippen molar-refractivity contribution in [1.82, 2.24) is 35.3 Å². The van der Waals surface area contributed by atoms with Gasteiger partial charge in [0.15, 0.2) is 17.4 Å². The second-order valence-electron chi connectivity index (χ2n) is 38.7. The van der Waals surface area contributed by atoms with E-state index >= 15 is 4.39 Å². The molecular formula is C83H111F2N9O12. The van der Waals surface area contributed by atoms with Gasteiger partial charge in [-0.15, -0.1) is 10.2 Å². The topological polar surface area (TPSA) is 302 Å². The standard InChI is InChI=1S/C83H111F2N9O12/c1-43(2)61-51(95)37-82(34-32-78(14)46(63(61)82)18-22-55-76(12)28-26-57(103-59(97)39-72(5,6)68(99)100)73(7,8)53(76)24-30-80(55,78)16)89-70-93-91-66(105-70)49-21-20-48(85)50(88-49)36-75(11,69(101)102)40-60(98)104-58-27-29-77(13)54(74(58,9)10)25-31-81(17)56(77)23-19-47-64-62(44(3)4)52(96)38-83(64,35-33-79(47,81)15)90-71-94-92-67(106-71)65-86-41-45(84)42-87-65/h20-21,41-44,46-47,53-58H,18-19,22-40H2,1-17H3,(H,89,93)(H,90,94)(H,99,100)(H,101,102)/t46-,47-,53+,54+,55-,56-,57+,58+,75?,76+,77+,78-,79-,80-,81-,82-,83-/m1/s1. The van der Waals surface area contributed by atoms with Crippen LogP contribution in [-0.2, 0) is 44.7 Å². The number of ether oxygens (including phenoxy) is 2. The minimum Gasteiger partial charge on any atom is -0.481 e. The van der Waals surface area contributed by atoms with Crippen LogP contribution in [0.1, 0.15) is 252 Å². The molecular weight excluding hydrogens is 1350 g/mol. The highest BCUT2D eigenvalue weighted by Gasteiger charge is 2.73. The second-order valence-corrected chi connectivity index (χ2v) is 38.7. The number of aliphatic carboxylic acids is 2. The molecule has 10 aliphatic rings. The Hall–Kier alpha value is -7.33. The van der Waals surface area contributed by atoms with E-state index in [1.807, 2.05) is 0 Å². The number of carbonyl (C=O) groups excluding carboxylic acids is 4. The van der Waals surface area contributed by atoms with Crippen LogP contribution in [0, 0.1) is 113 Å². The number of ketones is 2. The molecule has 23 heteroatoms. The second kappa shape index (κ2) is 25.4. The zero-order valence-corrected chi connectivity index (χ0v) is 65.3. The Morgan fingerprint density at radius 2 is 1.01 bits per heavy atom. The highest BCUT2D eigenvalue weighted by atomic mass is 19.1. The normalized spacial score (nSPS) is 37.0. The van der Waals surface area contributed by atoms with Crippen LogP contribution < -0.4 is 10.6 Å². The van der Waals surface area contributed by atoms with Gasteiger partial charge in [-0.1, -0.05) is 107 Å². The van der Waals surface area contributed by atoms with Crippen LogP contribution in [0.3, 0.4) is 0 Å². The lowest BCUT2D eigenvalue weighted by molar-refractivity contribution is -0.231. The Morgan fingerprint density at radius 1 is 0.557 bits per heavy atom. The van der Waals surface area contributed by atoms with Crippen molar-refractivity contribution < 1.29 is 66.1 Å². The highest BCUT2D eigenvalue weighted by molar-refractivity contribution is 6.03. The average Bonchev–Trinajstić information content (AvgIpc) is 1.15. The molecule has 0 aliphatic heterocycles. The van der Waals surface area contributed by atoms with Crippen molar-refractivity contribution in [2.24, 2.45) is 101 Å². The first kappa shape index (κ1) is 75.5. The van der Waals surface area contributed by atoms with E-state index in [1.165, 1.54) is 19.1 Å². The Balaban J connectivity index is 0.643. The van der Waals surface area contributed by atoms with E-state index in [2.05, 4.69) is 143 Å². The fraction of sp³-hybridized carbons (Fsp3) is 0.723. The largest absolute Gasteiger partial charge is 0.481 e. The molecule has 0 radical (unpaired) electrons. The summed E-state index contributed by atoms with van der Waals surface area (Å²) in [6.07, 6.45) is 14.0. The molecule has 106 heavy (non-hydrogen) atoms. The van der Waals surface area contributed by atoms with Crippen LogP contribution >= 0.6 is 0 Å². The fourth-order valence-electron chi connectivity index (χ4n) is 25.9. The number of anilines is 2. The van der Waals surface area contributed by atoms with Crippen molar-refractivity contribution >= 4 is 47.5 Å². The number of rotatable bonds is 18. The highest BCUT2D eigenvalue weighted by Crippen LogP contribution is 2.78. The summed E-state index contributed by atoms with van der Waals surface area (Å²) >= 11 is 0. The molecule has 0 aromatic carbocycles. The molecule has 17 atom stereocenters. The minimum atomic E-state index is -1.84. The van der Waals surface area contributed by atoms with E-state index in [4.69, 9.17) is 18.3 Å². The third kappa shape index (κ3) is 11.4. The van der Waals surface area contributed by atoms with Crippen LogP contribution in [0.25, 0.3) is 23.3 Å². The summed E-state index contributed by atoms with van der Waals surface area (Å²) in [6, 6.07) is 2.84. The van der Waals surface area contributed by atoms with Gasteiger partial charge in [0.25, 0.3) is 11.8 Å². The van der Waals surface area contributed by atoms with E-state index in [1.54, 1.807) is 13.8 Å². The van der Waals surface area contributed by atoms with Gasteiger partial charge >= 0.3 is 35.9 Å². The molecule has 14 rings (SSSR count). The van der Waals surface area contributed by atoms with E-state index < -0.39 is 81.8 Å². The fourth-order valence-corrected chi connectivity index (χ4v) is 25.9. The number of fused-ring (bicyclic) bond motifs is 14. The lowest BCUT2D eigenvalue weighted by Gasteiger charge is -2.72. The zero-order chi connectivity index (χ0) is 76.6. The van der Waals surface area contributed by atoms with Crippen molar-refractivity contribution in [2.75, 3.05) is 10.6 Å². The van der Waals surface area contributed by atoms with Gasteiger partial charge < -0.3 is 39.2 Å². The minimum absolute atomic E-state index is 0.0116. The van der Waals surface area contributed by atoms with Gasteiger partial charge in [0.1, 0.15) is 23.7 Å². The molecule has 8 fully saturated rings. The molecule has 10 aliphatic carbocycles. The summed E-state index contributed by atoms with van der Waals surface area (Å²) in [5, 5.41) is 45.5. The molecule has 0 spiro atoms. The number of carboxylic acid groups (broad SMARTS) is 2. The van der Waals surface area contributed by atoms with Gasteiger partial charge in [-0.2, -0.15) is 0 Å². The van der Waals surface area contributed by atoms with E-state index in [9.17, 15) is 43.4 Å². The summed E-state index contributed by atoms with van der Waals surface area (Å²) in [4.78, 5) is 95.0. The number of halogens is 2. The van der Waals surface area contributed by atoms with E-state index in [0.717, 1.165) is 112 Å². The van der Waals surface area contributed by atoms with E-state index in [0.29, 0.717) is 37.5 Å². The third-order valence-corrected chi connectivity index (χ3v) is 31.6. The van der Waals surface area contributed by atoms with Crippen molar-refractivity contribution in [3.63, 3.8) is 0 Å². The molecule has 574 valence electrons. The van der Waals surface area contributed by atoms with Gasteiger partial charge in [-0.3, -0.25) is 28.8 Å². The summed E-state index contributed by atoms with van der Waals surface area (Å²) < 4.78 is 55.2. The summed E-state index contributed by atoms with van der Waals surface area (Å²) in [5.74, 6) is -3.30. The number of hydrogen-bond donors (Lipinski definition) is 4. The Morgan fingerprint density at radius 3 is 1.46 bits per heavy atom. The maximum absolute atomic E-state index is 16.2. The van der Waals surface area contributed by atoms with Crippen molar-refractivity contribution in [1.29, 1.82) is 0 Å². The number of Topliss-reactive ketones (excluding diaryl/α,β-unsaturated/α-hetero) is 2. The molecule has 4 aromatic rings. The number of carboxylic acids is 2. The van der Waals surface area contributed by atoms with Crippen molar-refractivity contribution in [3.8, 4) is 23.3 Å². The predicted octanol–water partition coefficient (Wildman–Crippen LogP) is 16.6. The predicted molar refractivity (Wildman–Crippen MR) is 389 cm³/mol. The van der Waals surface area contributed by atoms with Crippen molar-refractivity contribution in [3.05, 3.63) is 64.1 Å². The van der Waals surface area contributed by atoms with Crippen LogP contribution in [0.4, 0.5) is 20.8 Å². The molecule has 4 aromatic heterocycles. The first-order valence-corrected chi connectivity index (χ1v) is 39.2. The third-order valence-electron chi connectivity index (χ3n) is 31.6. The monoisotopic (exact) mass is 1460 g/mol. The average molecular weight is 1460 g/mol. The number of carbonyl (C=O) groups is 6. The number of aromatic nitrogens is 7. The van der Waals surface area contributed by atoms with Crippen LogP contribution in [-0.4, -0.2) is 104 Å². The summed E-state index contributed by atoms with van der Waals surface area (Å²) in [6.45, 7) is 36.6. The SMILES string of the molecule is CC(C)C1=C2[C@H]3CC[C@@H]4[C@@]5(C)CC[C@H](OC(=O)CC(C)(C)C(=O)O)C(C)(C)[C@@H]5CC[C@@]4(C)[C@]3(C)CC[C@@]2(Nc2nnc(-c3ccc(F)c(CC(C)(CC(=O)O[C@H]4CC[C@]5(C)[C@H]6CC[C@@H]7C8=C(C(C)C)C(=O)C[C@]8(Nc8nnc(-c9ncc(F)cn9)o8)CC[C@@]7(C)[C@]6(C)CC[C@H]5C4(C)C)C(=O)O)n3)o2)CC1=O.